The van der Waals surface area contributed by atoms with Crippen LogP contribution in [0.15, 0.2) is 30.3 Å². The van der Waals surface area contributed by atoms with Crippen LogP contribution in [0.5, 0.6) is 5.75 Å². The first-order valence-electron chi connectivity index (χ1n) is 4.63. The van der Waals surface area contributed by atoms with Crippen LogP contribution in [-0.2, 0) is 0 Å². The molecule has 1 N–H and O–H groups in total. The Labute approximate surface area is 118 Å². The van der Waals surface area contributed by atoms with Gasteiger partial charge in [-0.2, -0.15) is 0 Å². The Balaban J connectivity index is 2.72. The summed E-state index contributed by atoms with van der Waals surface area (Å²) >= 11 is 23.8. The summed E-state index contributed by atoms with van der Waals surface area (Å²) < 4.78 is 0. The van der Waals surface area contributed by atoms with E-state index in [1.165, 1.54) is 6.07 Å². The second-order valence-corrected chi connectivity index (χ2v) is 5.01. The van der Waals surface area contributed by atoms with Gasteiger partial charge in [0.05, 0.1) is 15.1 Å². The number of rotatable bonds is 1. The van der Waals surface area contributed by atoms with Crippen molar-refractivity contribution in [2.45, 2.75) is 0 Å². The van der Waals surface area contributed by atoms with Crippen molar-refractivity contribution in [1.82, 2.24) is 0 Å². The number of hydrogen-bond acceptors (Lipinski definition) is 1. The van der Waals surface area contributed by atoms with Gasteiger partial charge in [0.1, 0.15) is 5.75 Å². The molecule has 0 radical (unpaired) electrons. The highest BCUT2D eigenvalue weighted by Gasteiger charge is 2.15. The lowest BCUT2D eigenvalue weighted by molar-refractivity contribution is 0.477. The predicted octanol–water partition coefficient (Wildman–Crippen LogP) is 5.67. The number of phenolic OH excluding ortho intramolecular Hbond substituents is 1. The number of phenols is 1. The lowest BCUT2D eigenvalue weighted by atomic mass is 10.0. The summed E-state index contributed by atoms with van der Waals surface area (Å²) in [7, 11) is 0. The third-order valence-electron chi connectivity index (χ3n) is 2.27. The van der Waals surface area contributed by atoms with Crippen LogP contribution in [0.3, 0.4) is 0 Å². The fourth-order valence-corrected chi connectivity index (χ4v) is 2.39. The molecule has 0 bridgehead atoms. The highest BCUT2D eigenvalue weighted by atomic mass is 35.5. The molecule has 0 aliphatic carbocycles. The van der Waals surface area contributed by atoms with Gasteiger partial charge in [0, 0.05) is 16.1 Å². The molecule has 5 heteroatoms. The van der Waals surface area contributed by atoms with E-state index in [0.29, 0.717) is 31.2 Å². The molecule has 0 aliphatic heterocycles. The molecule has 2 rings (SSSR count). The summed E-state index contributed by atoms with van der Waals surface area (Å²) in [4.78, 5) is 0. The van der Waals surface area contributed by atoms with Crippen molar-refractivity contribution >= 4 is 46.4 Å². The fourth-order valence-electron chi connectivity index (χ4n) is 1.49. The maximum Gasteiger partial charge on any atom is 0.124 e. The van der Waals surface area contributed by atoms with E-state index in [1.54, 1.807) is 24.3 Å². The number of benzene rings is 2. The van der Waals surface area contributed by atoms with E-state index in [0.717, 1.165) is 0 Å². The standard InChI is InChI=1S/C12H6Cl4O/c13-6-1-2-7(10(17)5-6)11-8(14)3-4-9(15)12(11)16/h1-5,17H. The minimum absolute atomic E-state index is 0.00330. The van der Waals surface area contributed by atoms with Gasteiger partial charge in [-0.1, -0.05) is 46.4 Å². The molecule has 0 saturated carbocycles. The van der Waals surface area contributed by atoms with Crippen LogP contribution >= 0.6 is 46.4 Å². The average Bonchev–Trinajstić information content (AvgIpc) is 2.27. The molecule has 0 unspecified atom stereocenters. The molecule has 0 fully saturated rings. The van der Waals surface area contributed by atoms with Gasteiger partial charge < -0.3 is 5.11 Å². The third kappa shape index (κ3) is 2.48. The summed E-state index contributed by atoms with van der Waals surface area (Å²) in [6, 6.07) is 7.93. The lowest BCUT2D eigenvalue weighted by Crippen LogP contribution is -1.84. The van der Waals surface area contributed by atoms with Crippen LogP contribution in [0.2, 0.25) is 20.1 Å². The molecule has 17 heavy (non-hydrogen) atoms. The molecule has 2 aromatic carbocycles. The molecule has 0 heterocycles. The van der Waals surface area contributed by atoms with Gasteiger partial charge in [0.15, 0.2) is 0 Å². The van der Waals surface area contributed by atoms with Crippen LogP contribution in [0.1, 0.15) is 0 Å². The Bertz CT molecular complexity index is 581. The molecular weight excluding hydrogens is 302 g/mol. The van der Waals surface area contributed by atoms with Crippen molar-refractivity contribution in [3.05, 3.63) is 50.4 Å². The van der Waals surface area contributed by atoms with Gasteiger partial charge >= 0.3 is 0 Å². The summed E-state index contributed by atoms with van der Waals surface area (Å²) in [6.07, 6.45) is 0. The zero-order chi connectivity index (χ0) is 12.6. The summed E-state index contributed by atoms with van der Waals surface area (Å²) in [5.41, 5.74) is 0.988. The van der Waals surface area contributed by atoms with Gasteiger partial charge in [0.2, 0.25) is 0 Å². The Hall–Kier alpha value is -0.600. The van der Waals surface area contributed by atoms with Crippen LogP contribution < -0.4 is 0 Å². The maximum absolute atomic E-state index is 9.84. The third-order valence-corrected chi connectivity index (χ3v) is 3.63. The number of aromatic hydroxyl groups is 1. The van der Waals surface area contributed by atoms with Crippen molar-refractivity contribution in [3.8, 4) is 16.9 Å². The highest BCUT2D eigenvalue weighted by Crippen LogP contribution is 2.42. The zero-order valence-electron chi connectivity index (χ0n) is 8.35. The molecule has 88 valence electrons. The molecule has 0 aliphatic rings. The summed E-state index contributed by atoms with van der Waals surface area (Å²) in [6.45, 7) is 0. The van der Waals surface area contributed by atoms with Crippen LogP contribution in [0, 0.1) is 0 Å². The SMILES string of the molecule is Oc1cc(Cl)ccc1-c1c(Cl)ccc(Cl)c1Cl. The molecule has 0 amide bonds. The van der Waals surface area contributed by atoms with Crippen LogP contribution in [-0.4, -0.2) is 5.11 Å². The van der Waals surface area contributed by atoms with E-state index >= 15 is 0 Å². The Morgan fingerprint density at radius 3 is 2.12 bits per heavy atom. The second kappa shape index (κ2) is 4.95. The first kappa shape index (κ1) is 12.8. The quantitative estimate of drug-likeness (QED) is 0.673. The van der Waals surface area contributed by atoms with Gasteiger partial charge in [-0.15, -0.1) is 0 Å². The largest absolute Gasteiger partial charge is 0.507 e. The molecule has 0 atom stereocenters. The predicted molar refractivity (Wildman–Crippen MR) is 73.6 cm³/mol. The average molecular weight is 308 g/mol. The van der Waals surface area contributed by atoms with Crippen LogP contribution in [0.4, 0.5) is 0 Å². The monoisotopic (exact) mass is 306 g/mol. The molecule has 0 aromatic heterocycles. The first-order valence-corrected chi connectivity index (χ1v) is 6.14. The van der Waals surface area contributed by atoms with Gasteiger partial charge in [-0.25, -0.2) is 0 Å². The van der Waals surface area contributed by atoms with Crippen molar-refractivity contribution in [2.24, 2.45) is 0 Å². The Kier molecular flexibility index (Phi) is 3.74. The van der Waals surface area contributed by atoms with Gasteiger partial charge in [-0.05, 0) is 30.3 Å². The number of hydrogen-bond donors (Lipinski definition) is 1. The van der Waals surface area contributed by atoms with E-state index in [1.807, 2.05) is 0 Å². The minimum Gasteiger partial charge on any atom is -0.507 e. The molecule has 0 spiro atoms. The van der Waals surface area contributed by atoms with E-state index in [-0.39, 0.29) is 5.75 Å². The van der Waals surface area contributed by atoms with Crippen molar-refractivity contribution < 1.29 is 5.11 Å². The minimum atomic E-state index is 0.00330. The fraction of sp³-hybridized carbons (Fsp3) is 0. The van der Waals surface area contributed by atoms with Crippen molar-refractivity contribution in [2.75, 3.05) is 0 Å². The van der Waals surface area contributed by atoms with Gasteiger partial charge in [0.25, 0.3) is 0 Å². The summed E-state index contributed by atoms with van der Waals surface area (Å²) in [5, 5.41) is 11.4. The van der Waals surface area contributed by atoms with E-state index in [4.69, 9.17) is 46.4 Å². The van der Waals surface area contributed by atoms with Crippen molar-refractivity contribution in [1.29, 1.82) is 0 Å². The lowest BCUT2D eigenvalue weighted by Gasteiger charge is -2.10. The molecule has 1 nitrogen and oxygen atoms in total. The smallest absolute Gasteiger partial charge is 0.124 e. The first-order chi connectivity index (χ1) is 8.00. The molecule has 0 saturated heterocycles. The Morgan fingerprint density at radius 1 is 0.824 bits per heavy atom. The van der Waals surface area contributed by atoms with Gasteiger partial charge in [-0.3, -0.25) is 0 Å². The summed E-state index contributed by atoms with van der Waals surface area (Å²) in [5.74, 6) is 0.00330. The van der Waals surface area contributed by atoms with E-state index in [2.05, 4.69) is 0 Å². The zero-order valence-corrected chi connectivity index (χ0v) is 11.4. The van der Waals surface area contributed by atoms with E-state index in [9.17, 15) is 5.11 Å². The Morgan fingerprint density at radius 2 is 1.47 bits per heavy atom. The van der Waals surface area contributed by atoms with Crippen molar-refractivity contribution in [3.63, 3.8) is 0 Å². The topological polar surface area (TPSA) is 20.2 Å². The van der Waals surface area contributed by atoms with E-state index < -0.39 is 0 Å². The second-order valence-electron chi connectivity index (χ2n) is 3.38. The number of halogens is 4. The molecular formula is C12H6Cl4O. The highest BCUT2D eigenvalue weighted by molar-refractivity contribution is 6.46. The normalized spacial score (nSPS) is 10.6. The van der Waals surface area contributed by atoms with Crippen LogP contribution in [0.25, 0.3) is 11.1 Å². The maximum atomic E-state index is 9.84. The molecule has 2 aromatic rings.